The second-order valence-electron chi connectivity index (χ2n) is 5.56. The third kappa shape index (κ3) is 2.69. The molecule has 23 heavy (non-hydrogen) atoms. The van der Waals surface area contributed by atoms with Crippen molar-refractivity contribution in [3.8, 4) is 5.75 Å². The first-order chi connectivity index (χ1) is 11.0. The van der Waals surface area contributed by atoms with Crippen molar-refractivity contribution >= 4 is 20.8 Å². The van der Waals surface area contributed by atoms with Gasteiger partial charge in [0.1, 0.15) is 11.9 Å². The predicted molar refractivity (Wildman–Crippen MR) is 84.8 cm³/mol. The van der Waals surface area contributed by atoms with E-state index in [4.69, 9.17) is 4.74 Å². The third-order valence-electron chi connectivity index (χ3n) is 4.17. The highest BCUT2D eigenvalue weighted by molar-refractivity contribution is 7.89. The molecule has 2 atom stereocenters. The highest BCUT2D eigenvalue weighted by Crippen LogP contribution is 2.35. The van der Waals surface area contributed by atoms with Crippen LogP contribution in [0.3, 0.4) is 0 Å². The summed E-state index contributed by atoms with van der Waals surface area (Å²) in [5, 5.41) is 10.6. The van der Waals surface area contributed by atoms with Crippen LogP contribution in [0.2, 0.25) is 0 Å². The van der Waals surface area contributed by atoms with E-state index in [-0.39, 0.29) is 17.9 Å². The number of aliphatic hydroxyl groups is 1. The van der Waals surface area contributed by atoms with Crippen LogP contribution in [0.15, 0.2) is 41.3 Å². The second-order valence-corrected chi connectivity index (χ2v) is 7.41. The number of rotatable bonds is 4. The molecule has 1 fully saturated rings. The summed E-state index contributed by atoms with van der Waals surface area (Å²) in [6, 6.07) is 9.34. The van der Waals surface area contributed by atoms with E-state index >= 15 is 0 Å². The molecule has 0 amide bonds. The Morgan fingerprint density at radius 2 is 1.96 bits per heavy atom. The fourth-order valence-electron chi connectivity index (χ4n) is 3.06. The van der Waals surface area contributed by atoms with E-state index < -0.39 is 28.8 Å². The van der Waals surface area contributed by atoms with Crippen molar-refractivity contribution in [3.63, 3.8) is 0 Å². The van der Waals surface area contributed by atoms with Gasteiger partial charge in [-0.1, -0.05) is 24.3 Å². The van der Waals surface area contributed by atoms with E-state index in [1.165, 1.54) is 13.2 Å². The third-order valence-corrected chi connectivity index (χ3v) is 6.15. The Bertz CT molecular complexity index is 824. The molecule has 0 spiro atoms. The summed E-state index contributed by atoms with van der Waals surface area (Å²) < 4.78 is 45.9. The Labute approximate surface area is 134 Å². The average Bonchev–Trinajstić information content (AvgIpc) is 2.95. The first-order valence-corrected chi connectivity index (χ1v) is 8.75. The summed E-state index contributed by atoms with van der Waals surface area (Å²) in [7, 11) is -2.39. The fraction of sp³-hybridized carbons (Fsp3) is 0.375. The molecule has 2 aromatic rings. The molecule has 7 heteroatoms. The van der Waals surface area contributed by atoms with Crippen molar-refractivity contribution in [2.45, 2.75) is 23.5 Å². The number of ether oxygens (including phenoxy) is 1. The summed E-state index contributed by atoms with van der Waals surface area (Å²) in [6.07, 6.45) is -1.24. The van der Waals surface area contributed by atoms with Crippen LogP contribution in [0.5, 0.6) is 5.75 Å². The number of halogens is 1. The largest absolute Gasteiger partial charge is 0.496 e. The average molecular weight is 339 g/mol. The van der Waals surface area contributed by atoms with Crippen molar-refractivity contribution in [2.24, 2.45) is 0 Å². The summed E-state index contributed by atoms with van der Waals surface area (Å²) in [4.78, 5) is 0.0986. The van der Waals surface area contributed by atoms with Crippen LogP contribution in [-0.4, -0.2) is 50.3 Å². The number of hydrogen-bond acceptors (Lipinski definition) is 4. The zero-order valence-corrected chi connectivity index (χ0v) is 13.5. The molecule has 1 N–H and O–H groups in total. The molecule has 2 aromatic carbocycles. The lowest BCUT2D eigenvalue weighted by Crippen LogP contribution is -2.37. The first-order valence-electron chi connectivity index (χ1n) is 7.31. The molecule has 0 radical (unpaired) electrons. The molecule has 1 aliphatic heterocycles. The summed E-state index contributed by atoms with van der Waals surface area (Å²) in [5.74, 6) is 0.572. The van der Waals surface area contributed by atoms with Crippen LogP contribution in [0.1, 0.15) is 6.42 Å². The molecule has 0 bridgehead atoms. The molecule has 0 aromatic heterocycles. The number of fused-ring (bicyclic) bond motifs is 1. The number of nitrogens with zero attached hydrogens (tertiary/aromatic N) is 1. The molecule has 1 saturated heterocycles. The van der Waals surface area contributed by atoms with E-state index in [1.807, 2.05) is 0 Å². The molecule has 0 unspecified atom stereocenters. The van der Waals surface area contributed by atoms with E-state index in [1.54, 1.807) is 30.3 Å². The Hall–Kier alpha value is -1.70. The highest BCUT2D eigenvalue weighted by Gasteiger charge is 2.40. The summed E-state index contributed by atoms with van der Waals surface area (Å²) >= 11 is 0. The van der Waals surface area contributed by atoms with Crippen LogP contribution in [-0.2, 0) is 10.0 Å². The van der Waals surface area contributed by atoms with Crippen molar-refractivity contribution in [3.05, 3.63) is 36.4 Å². The maximum Gasteiger partial charge on any atom is 0.244 e. The van der Waals surface area contributed by atoms with Gasteiger partial charge in [0.2, 0.25) is 10.0 Å². The van der Waals surface area contributed by atoms with Crippen LogP contribution in [0.25, 0.3) is 10.8 Å². The molecule has 1 heterocycles. The van der Waals surface area contributed by atoms with Gasteiger partial charge in [-0.3, -0.25) is 0 Å². The van der Waals surface area contributed by atoms with E-state index in [0.717, 1.165) is 4.31 Å². The van der Waals surface area contributed by atoms with Crippen molar-refractivity contribution in [2.75, 3.05) is 20.3 Å². The summed E-state index contributed by atoms with van der Waals surface area (Å²) in [5.41, 5.74) is 0. The number of sulfonamides is 1. The minimum Gasteiger partial charge on any atom is -0.496 e. The number of benzene rings is 2. The van der Waals surface area contributed by atoms with Crippen LogP contribution in [0, 0.1) is 0 Å². The molecular formula is C16H18FNO4S. The van der Waals surface area contributed by atoms with Crippen LogP contribution in [0.4, 0.5) is 4.39 Å². The molecule has 3 rings (SSSR count). The second kappa shape index (κ2) is 6.07. The van der Waals surface area contributed by atoms with E-state index in [0.29, 0.717) is 16.5 Å². The quantitative estimate of drug-likeness (QED) is 0.924. The number of methoxy groups -OCH3 is 1. The fourth-order valence-corrected chi connectivity index (χ4v) is 4.92. The molecule has 0 aliphatic carbocycles. The monoisotopic (exact) mass is 339 g/mol. The minimum atomic E-state index is -3.91. The Kier molecular flexibility index (Phi) is 4.27. The van der Waals surface area contributed by atoms with Gasteiger partial charge in [-0.25, -0.2) is 12.8 Å². The Morgan fingerprint density at radius 1 is 1.26 bits per heavy atom. The Balaban J connectivity index is 2.16. The number of hydrogen-bond donors (Lipinski definition) is 1. The van der Waals surface area contributed by atoms with Gasteiger partial charge < -0.3 is 9.84 Å². The smallest absolute Gasteiger partial charge is 0.244 e. The number of aliphatic hydroxyl groups excluding tert-OH is 1. The molecule has 5 nitrogen and oxygen atoms in total. The van der Waals surface area contributed by atoms with Gasteiger partial charge in [-0.05, 0) is 18.6 Å². The van der Waals surface area contributed by atoms with Crippen molar-refractivity contribution in [1.82, 2.24) is 4.31 Å². The first kappa shape index (κ1) is 16.2. The van der Waals surface area contributed by atoms with Gasteiger partial charge in [0.15, 0.2) is 0 Å². The lowest BCUT2D eigenvalue weighted by atomic mass is 10.1. The minimum absolute atomic E-state index is 0.0177. The van der Waals surface area contributed by atoms with E-state index in [2.05, 4.69) is 0 Å². The van der Waals surface area contributed by atoms with Crippen molar-refractivity contribution in [1.29, 1.82) is 0 Å². The van der Waals surface area contributed by atoms with Gasteiger partial charge in [0.05, 0.1) is 24.7 Å². The lowest BCUT2D eigenvalue weighted by molar-refractivity contribution is 0.213. The van der Waals surface area contributed by atoms with Crippen LogP contribution >= 0.6 is 0 Å². The maximum atomic E-state index is 13.7. The number of alkyl halides is 1. The van der Waals surface area contributed by atoms with Gasteiger partial charge in [-0.15, -0.1) is 0 Å². The van der Waals surface area contributed by atoms with Gasteiger partial charge in [0.25, 0.3) is 0 Å². The topological polar surface area (TPSA) is 66.8 Å². The van der Waals surface area contributed by atoms with Crippen LogP contribution < -0.4 is 4.74 Å². The Morgan fingerprint density at radius 3 is 2.61 bits per heavy atom. The normalized spacial score (nSPS) is 22.6. The van der Waals surface area contributed by atoms with Gasteiger partial charge in [-0.2, -0.15) is 4.31 Å². The predicted octanol–water partition coefficient (Wildman–Crippen LogP) is 1.94. The SMILES string of the molecule is COc1ccc(S(=O)(=O)N2C[C@@H](F)C[C@H]2CO)c2ccccc12. The highest BCUT2D eigenvalue weighted by atomic mass is 32.2. The molecule has 124 valence electrons. The summed E-state index contributed by atoms with van der Waals surface area (Å²) in [6.45, 7) is -0.623. The molecule has 1 aliphatic rings. The van der Waals surface area contributed by atoms with Gasteiger partial charge >= 0.3 is 0 Å². The zero-order chi connectivity index (χ0) is 16.6. The lowest BCUT2D eigenvalue weighted by Gasteiger charge is -2.23. The van der Waals surface area contributed by atoms with Crippen molar-refractivity contribution < 1.29 is 22.7 Å². The standard InChI is InChI=1S/C16H18FNO4S/c1-22-15-6-7-16(14-5-3-2-4-13(14)15)23(20,21)18-9-11(17)8-12(18)10-19/h2-7,11-12,19H,8-10H2,1H3/t11-,12-/m0/s1. The molecule has 0 saturated carbocycles. The van der Waals surface area contributed by atoms with E-state index in [9.17, 15) is 17.9 Å². The zero-order valence-electron chi connectivity index (χ0n) is 12.6. The van der Waals surface area contributed by atoms with Gasteiger partial charge in [0, 0.05) is 17.3 Å². The maximum absolute atomic E-state index is 13.7. The molecular weight excluding hydrogens is 321 g/mol.